The second-order valence-corrected chi connectivity index (χ2v) is 5.58. The molecule has 8 nitrogen and oxygen atoms in total. The number of hydrogen-bond donors (Lipinski definition) is 0. The first-order chi connectivity index (χ1) is 10.7. The summed E-state index contributed by atoms with van der Waals surface area (Å²) in [6.07, 6.45) is 6.67. The van der Waals surface area contributed by atoms with Crippen molar-refractivity contribution >= 4 is 16.9 Å². The van der Waals surface area contributed by atoms with E-state index in [1.807, 2.05) is 20.2 Å². The van der Waals surface area contributed by atoms with Crippen molar-refractivity contribution in [3.05, 3.63) is 24.2 Å². The maximum Gasteiger partial charge on any atom is 0.223 e. The summed E-state index contributed by atoms with van der Waals surface area (Å²) in [5, 5.41) is 9.35. The van der Waals surface area contributed by atoms with Crippen LogP contribution >= 0.6 is 0 Å². The highest BCUT2D eigenvalue weighted by Gasteiger charge is 2.30. The SMILES string of the molecule is Cc1nc([C@@H]2CCCCN2c2ncnc3c2cnn3C)no1. The zero-order valence-electron chi connectivity index (χ0n) is 12.6. The predicted molar refractivity (Wildman–Crippen MR) is 79.3 cm³/mol. The second kappa shape index (κ2) is 5.04. The molecule has 1 aliphatic heterocycles. The Morgan fingerprint density at radius 1 is 1.27 bits per heavy atom. The molecule has 1 atom stereocenters. The molecule has 0 aliphatic carbocycles. The molecule has 3 aromatic heterocycles. The Hall–Kier alpha value is -2.51. The maximum absolute atomic E-state index is 5.16. The molecule has 0 bridgehead atoms. The minimum atomic E-state index is 0.0875. The third-order valence-electron chi connectivity index (χ3n) is 4.12. The largest absolute Gasteiger partial charge is 0.346 e. The van der Waals surface area contributed by atoms with Gasteiger partial charge in [0.15, 0.2) is 11.5 Å². The zero-order valence-corrected chi connectivity index (χ0v) is 12.6. The molecule has 0 aromatic carbocycles. The minimum Gasteiger partial charge on any atom is -0.346 e. The molecule has 4 heterocycles. The van der Waals surface area contributed by atoms with E-state index in [0.717, 1.165) is 48.5 Å². The number of fused-ring (bicyclic) bond motifs is 1. The van der Waals surface area contributed by atoms with Crippen LogP contribution in [0.5, 0.6) is 0 Å². The van der Waals surface area contributed by atoms with E-state index in [1.165, 1.54) is 0 Å². The Morgan fingerprint density at radius 3 is 3.00 bits per heavy atom. The van der Waals surface area contributed by atoms with Gasteiger partial charge in [-0.25, -0.2) is 9.97 Å². The molecule has 0 N–H and O–H groups in total. The van der Waals surface area contributed by atoms with Gasteiger partial charge in [0.2, 0.25) is 5.89 Å². The number of rotatable bonds is 2. The van der Waals surface area contributed by atoms with Gasteiger partial charge >= 0.3 is 0 Å². The van der Waals surface area contributed by atoms with Gasteiger partial charge in [-0.05, 0) is 19.3 Å². The van der Waals surface area contributed by atoms with Gasteiger partial charge in [0, 0.05) is 20.5 Å². The lowest BCUT2D eigenvalue weighted by Gasteiger charge is -2.34. The van der Waals surface area contributed by atoms with Crippen molar-refractivity contribution in [3.63, 3.8) is 0 Å². The van der Waals surface area contributed by atoms with Gasteiger partial charge in [-0.1, -0.05) is 5.16 Å². The van der Waals surface area contributed by atoms with Crippen molar-refractivity contribution in [3.8, 4) is 0 Å². The Balaban J connectivity index is 1.80. The van der Waals surface area contributed by atoms with Crippen molar-refractivity contribution in [1.29, 1.82) is 0 Å². The lowest BCUT2D eigenvalue weighted by Crippen LogP contribution is -2.34. The fraction of sp³-hybridized carbons (Fsp3) is 0.500. The summed E-state index contributed by atoms with van der Waals surface area (Å²) >= 11 is 0. The van der Waals surface area contributed by atoms with E-state index in [0.29, 0.717) is 5.89 Å². The van der Waals surface area contributed by atoms with Crippen LogP contribution < -0.4 is 4.90 Å². The average Bonchev–Trinajstić information content (AvgIpc) is 3.14. The Morgan fingerprint density at radius 2 is 2.18 bits per heavy atom. The van der Waals surface area contributed by atoms with Gasteiger partial charge < -0.3 is 9.42 Å². The van der Waals surface area contributed by atoms with Crippen molar-refractivity contribution in [2.75, 3.05) is 11.4 Å². The summed E-state index contributed by atoms with van der Waals surface area (Å²) in [6.45, 7) is 2.73. The highest BCUT2D eigenvalue weighted by Crippen LogP contribution is 2.35. The van der Waals surface area contributed by atoms with Crippen LogP contribution in [0, 0.1) is 6.92 Å². The molecular formula is C14H17N7O. The molecular weight excluding hydrogens is 282 g/mol. The van der Waals surface area contributed by atoms with Crippen LogP contribution in [0.25, 0.3) is 11.0 Å². The smallest absolute Gasteiger partial charge is 0.223 e. The Bertz CT molecular complexity index is 808. The molecule has 1 saturated heterocycles. The molecule has 0 unspecified atom stereocenters. The van der Waals surface area contributed by atoms with Crippen LogP contribution in [-0.2, 0) is 7.05 Å². The van der Waals surface area contributed by atoms with E-state index >= 15 is 0 Å². The van der Waals surface area contributed by atoms with Crippen molar-refractivity contribution in [1.82, 2.24) is 29.9 Å². The quantitative estimate of drug-likeness (QED) is 0.713. The summed E-state index contributed by atoms with van der Waals surface area (Å²) in [7, 11) is 1.88. The first-order valence-electron chi connectivity index (χ1n) is 7.43. The van der Waals surface area contributed by atoms with E-state index in [2.05, 4.69) is 30.1 Å². The van der Waals surface area contributed by atoms with Crippen molar-refractivity contribution in [2.45, 2.75) is 32.2 Å². The van der Waals surface area contributed by atoms with E-state index in [9.17, 15) is 0 Å². The van der Waals surface area contributed by atoms with E-state index in [1.54, 1.807) is 11.0 Å². The first kappa shape index (κ1) is 13.2. The second-order valence-electron chi connectivity index (χ2n) is 5.58. The zero-order chi connectivity index (χ0) is 15.1. The lowest BCUT2D eigenvalue weighted by molar-refractivity contribution is 0.372. The molecule has 4 rings (SSSR count). The van der Waals surface area contributed by atoms with Crippen LogP contribution in [0.4, 0.5) is 5.82 Å². The molecule has 22 heavy (non-hydrogen) atoms. The normalized spacial score (nSPS) is 19.0. The molecule has 0 amide bonds. The van der Waals surface area contributed by atoms with Gasteiger partial charge in [-0.15, -0.1) is 0 Å². The molecule has 1 aliphatic rings. The molecule has 114 valence electrons. The van der Waals surface area contributed by atoms with Gasteiger partial charge in [-0.2, -0.15) is 10.1 Å². The summed E-state index contributed by atoms with van der Waals surface area (Å²) < 4.78 is 6.92. The van der Waals surface area contributed by atoms with Gasteiger partial charge in [0.1, 0.15) is 12.1 Å². The summed E-state index contributed by atoms with van der Waals surface area (Å²) in [5.74, 6) is 2.22. The summed E-state index contributed by atoms with van der Waals surface area (Å²) in [5.41, 5.74) is 0.832. The van der Waals surface area contributed by atoms with Crippen LogP contribution in [0.1, 0.15) is 37.0 Å². The minimum absolute atomic E-state index is 0.0875. The van der Waals surface area contributed by atoms with Gasteiger partial charge in [0.05, 0.1) is 17.6 Å². The number of piperidine rings is 1. The fourth-order valence-electron chi connectivity index (χ4n) is 3.08. The van der Waals surface area contributed by atoms with Crippen molar-refractivity contribution in [2.24, 2.45) is 7.05 Å². The molecule has 1 fully saturated rings. The van der Waals surface area contributed by atoms with Crippen LogP contribution in [-0.4, -0.2) is 36.4 Å². The molecule has 3 aromatic rings. The molecule has 8 heteroatoms. The number of anilines is 1. The fourth-order valence-corrected chi connectivity index (χ4v) is 3.08. The summed E-state index contributed by atoms with van der Waals surface area (Å²) in [6, 6.07) is 0.0875. The first-order valence-corrected chi connectivity index (χ1v) is 7.43. The topological polar surface area (TPSA) is 85.8 Å². The number of aromatic nitrogens is 6. The molecule has 0 spiro atoms. The lowest BCUT2D eigenvalue weighted by atomic mass is 10.0. The van der Waals surface area contributed by atoms with Gasteiger partial charge in [-0.3, -0.25) is 4.68 Å². The average molecular weight is 299 g/mol. The Labute approximate surface area is 127 Å². The summed E-state index contributed by atoms with van der Waals surface area (Å²) in [4.78, 5) is 15.5. The third-order valence-corrected chi connectivity index (χ3v) is 4.12. The van der Waals surface area contributed by atoms with E-state index < -0.39 is 0 Å². The monoisotopic (exact) mass is 299 g/mol. The van der Waals surface area contributed by atoms with Crippen molar-refractivity contribution < 1.29 is 4.52 Å². The third kappa shape index (κ3) is 2.02. The highest BCUT2D eigenvalue weighted by atomic mass is 16.5. The number of aryl methyl sites for hydroxylation is 2. The number of hydrogen-bond acceptors (Lipinski definition) is 7. The van der Waals surface area contributed by atoms with Gasteiger partial charge in [0.25, 0.3) is 0 Å². The Kier molecular flexibility index (Phi) is 3.02. The molecule has 0 saturated carbocycles. The van der Waals surface area contributed by atoms with Crippen LogP contribution in [0.2, 0.25) is 0 Å². The van der Waals surface area contributed by atoms with Crippen LogP contribution in [0.3, 0.4) is 0 Å². The predicted octanol–water partition coefficient (Wildman–Crippen LogP) is 1.79. The standard InChI is InChI=1S/C14H17N7O/c1-9-18-12(19-22-9)11-5-3-4-6-21(11)14-10-7-17-20(2)13(10)15-8-16-14/h7-8,11H,3-6H2,1-2H3/t11-/m0/s1. The van der Waals surface area contributed by atoms with E-state index in [-0.39, 0.29) is 6.04 Å². The van der Waals surface area contributed by atoms with Crippen LogP contribution in [0.15, 0.2) is 17.0 Å². The number of nitrogens with zero attached hydrogens (tertiary/aromatic N) is 7. The molecule has 0 radical (unpaired) electrons. The maximum atomic E-state index is 5.16. The highest BCUT2D eigenvalue weighted by molar-refractivity contribution is 5.86. The van der Waals surface area contributed by atoms with E-state index in [4.69, 9.17) is 4.52 Å².